The number of carboxylic acids is 1. The summed E-state index contributed by atoms with van der Waals surface area (Å²) in [6, 6.07) is 0. The summed E-state index contributed by atoms with van der Waals surface area (Å²) in [6.45, 7) is 1.88. The molecule has 1 fully saturated rings. The summed E-state index contributed by atoms with van der Waals surface area (Å²) in [5.74, 6) is -1.13. The molecule has 5 nitrogen and oxygen atoms in total. The minimum Gasteiger partial charge on any atom is -0.481 e. The number of carbonyl (C=O) groups excluding carboxylic acids is 1. The van der Waals surface area contributed by atoms with E-state index in [1.54, 1.807) is 6.92 Å². The van der Waals surface area contributed by atoms with Gasteiger partial charge in [-0.1, -0.05) is 25.7 Å². The molecule has 0 saturated heterocycles. The highest BCUT2D eigenvalue weighted by atomic mass is 16.5. The van der Waals surface area contributed by atoms with Gasteiger partial charge in [-0.15, -0.1) is 0 Å². The molecule has 18 heavy (non-hydrogen) atoms. The lowest BCUT2D eigenvalue weighted by atomic mass is 10.1. The Bertz CT molecular complexity index is 272. The van der Waals surface area contributed by atoms with E-state index < -0.39 is 12.1 Å². The van der Waals surface area contributed by atoms with Gasteiger partial charge in [-0.25, -0.2) is 0 Å². The van der Waals surface area contributed by atoms with Crippen LogP contribution in [0.15, 0.2) is 0 Å². The first-order valence-corrected chi connectivity index (χ1v) is 6.74. The van der Waals surface area contributed by atoms with Crippen LogP contribution in [0, 0.1) is 0 Å². The largest absolute Gasteiger partial charge is 0.481 e. The molecule has 5 heteroatoms. The minimum absolute atomic E-state index is 0.0537. The molecule has 1 rings (SSSR count). The van der Waals surface area contributed by atoms with E-state index in [1.807, 2.05) is 0 Å². The van der Waals surface area contributed by atoms with Crippen LogP contribution in [0.3, 0.4) is 0 Å². The zero-order valence-corrected chi connectivity index (χ0v) is 11.0. The maximum Gasteiger partial charge on any atom is 0.305 e. The molecule has 0 aliphatic heterocycles. The van der Waals surface area contributed by atoms with Crippen molar-refractivity contribution in [1.82, 2.24) is 5.32 Å². The van der Waals surface area contributed by atoms with Crippen molar-refractivity contribution >= 4 is 11.9 Å². The van der Waals surface area contributed by atoms with Gasteiger partial charge in [0.05, 0.1) is 12.5 Å². The number of carboxylic acid groups (broad SMARTS) is 1. The lowest BCUT2D eigenvalue weighted by Crippen LogP contribution is -2.37. The van der Waals surface area contributed by atoms with Crippen LogP contribution < -0.4 is 5.32 Å². The predicted octanol–water partition coefficient (Wildman–Crippen LogP) is 1.71. The van der Waals surface area contributed by atoms with Gasteiger partial charge in [0.15, 0.2) is 0 Å². The summed E-state index contributed by atoms with van der Waals surface area (Å²) in [6.07, 6.45) is 6.49. The number of ether oxygens (including phenoxy) is 1. The molecule has 1 aliphatic carbocycles. The summed E-state index contributed by atoms with van der Waals surface area (Å²) in [4.78, 5) is 22.0. The second kappa shape index (κ2) is 8.08. The zero-order chi connectivity index (χ0) is 13.4. The number of nitrogens with one attached hydrogen (secondary N) is 1. The van der Waals surface area contributed by atoms with E-state index in [9.17, 15) is 9.59 Å². The van der Waals surface area contributed by atoms with Crippen LogP contribution in [0.4, 0.5) is 0 Å². The molecule has 1 aliphatic rings. The third kappa shape index (κ3) is 6.00. The highest BCUT2D eigenvalue weighted by molar-refractivity contribution is 5.80. The summed E-state index contributed by atoms with van der Waals surface area (Å²) >= 11 is 0. The highest BCUT2D eigenvalue weighted by Gasteiger charge is 2.20. The fraction of sp³-hybridized carbons (Fsp3) is 0.846. The van der Waals surface area contributed by atoms with E-state index >= 15 is 0 Å². The Balaban J connectivity index is 2.23. The highest BCUT2D eigenvalue weighted by Crippen LogP contribution is 2.20. The zero-order valence-electron chi connectivity index (χ0n) is 11.0. The van der Waals surface area contributed by atoms with Crippen LogP contribution in [0.25, 0.3) is 0 Å². The maximum atomic E-state index is 11.7. The topological polar surface area (TPSA) is 75.6 Å². The van der Waals surface area contributed by atoms with Crippen molar-refractivity contribution in [2.24, 2.45) is 0 Å². The molecular weight excluding hydrogens is 234 g/mol. The van der Waals surface area contributed by atoms with E-state index in [4.69, 9.17) is 9.84 Å². The van der Waals surface area contributed by atoms with Crippen molar-refractivity contribution in [2.45, 2.75) is 64.1 Å². The Morgan fingerprint density at radius 3 is 2.44 bits per heavy atom. The van der Waals surface area contributed by atoms with E-state index in [2.05, 4.69) is 5.32 Å². The molecule has 0 radical (unpaired) electrons. The first kappa shape index (κ1) is 15.0. The average Bonchev–Trinajstić information content (AvgIpc) is 2.57. The van der Waals surface area contributed by atoms with Gasteiger partial charge in [0.1, 0.15) is 6.10 Å². The summed E-state index contributed by atoms with van der Waals surface area (Å²) in [5.41, 5.74) is 0. The lowest BCUT2D eigenvalue weighted by molar-refractivity contribution is -0.138. The van der Waals surface area contributed by atoms with Crippen molar-refractivity contribution in [1.29, 1.82) is 0 Å². The quantitative estimate of drug-likeness (QED) is 0.710. The summed E-state index contributed by atoms with van der Waals surface area (Å²) in [5, 5.41) is 11.0. The molecule has 1 unspecified atom stereocenters. The van der Waals surface area contributed by atoms with Crippen LogP contribution in [-0.4, -0.2) is 35.7 Å². The summed E-state index contributed by atoms with van der Waals surface area (Å²) < 4.78 is 5.73. The van der Waals surface area contributed by atoms with Gasteiger partial charge >= 0.3 is 5.97 Å². The van der Waals surface area contributed by atoms with Gasteiger partial charge in [-0.2, -0.15) is 0 Å². The van der Waals surface area contributed by atoms with Gasteiger partial charge < -0.3 is 15.2 Å². The minimum atomic E-state index is -0.910. The average molecular weight is 257 g/mol. The SMILES string of the molecule is CC(OC1CCCCCC1)C(=O)NCCC(=O)O. The van der Waals surface area contributed by atoms with E-state index in [0.717, 1.165) is 25.7 Å². The molecule has 1 amide bonds. The molecule has 1 atom stereocenters. The van der Waals surface area contributed by atoms with Crippen LogP contribution in [0.2, 0.25) is 0 Å². The van der Waals surface area contributed by atoms with Crippen molar-refractivity contribution in [2.75, 3.05) is 6.54 Å². The molecule has 0 aromatic carbocycles. The molecule has 104 valence electrons. The molecular formula is C13H23NO4. The van der Waals surface area contributed by atoms with Crippen molar-refractivity contribution in [3.8, 4) is 0 Å². The number of hydrogen-bond donors (Lipinski definition) is 2. The fourth-order valence-electron chi connectivity index (χ4n) is 2.16. The van der Waals surface area contributed by atoms with Gasteiger partial charge in [0.2, 0.25) is 5.91 Å². The summed E-state index contributed by atoms with van der Waals surface area (Å²) in [7, 11) is 0. The van der Waals surface area contributed by atoms with Gasteiger partial charge in [-0.05, 0) is 19.8 Å². The van der Waals surface area contributed by atoms with Crippen LogP contribution in [0.1, 0.15) is 51.9 Å². The Kier molecular flexibility index (Phi) is 6.72. The molecule has 1 saturated carbocycles. The maximum absolute atomic E-state index is 11.7. The standard InChI is InChI=1S/C13H23NO4/c1-10(13(17)14-9-8-12(15)16)18-11-6-4-2-3-5-7-11/h10-11H,2-9H2,1H3,(H,14,17)(H,15,16). The predicted molar refractivity (Wildman–Crippen MR) is 67.3 cm³/mol. The van der Waals surface area contributed by atoms with Crippen molar-refractivity contribution < 1.29 is 19.4 Å². The van der Waals surface area contributed by atoms with Crippen LogP contribution >= 0.6 is 0 Å². The number of aliphatic carboxylic acids is 1. The first-order chi connectivity index (χ1) is 8.59. The van der Waals surface area contributed by atoms with Gasteiger partial charge in [-0.3, -0.25) is 9.59 Å². The lowest BCUT2D eigenvalue weighted by Gasteiger charge is -2.20. The molecule has 0 spiro atoms. The number of rotatable bonds is 6. The Hall–Kier alpha value is -1.10. The van der Waals surface area contributed by atoms with Crippen LogP contribution in [0.5, 0.6) is 0 Å². The number of amides is 1. The van der Waals surface area contributed by atoms with E-state index in [0.29, 0.717) is 0 Å². The molecule has 0 bridgehead atoms. The smallest absolute Gasteiger partial charge is 0.305 e. The number of hydrogen-bond acceptors (Lipinski definition) is 3. The van der Waals surface area contributed by atoms with Crippen LogP contribution in [-0.2, 0) is 14.3 Å². The monoisotopic (exact) mass is 257 g/mol. The normalized spacial score (nSPS) is 18.9. The Morgan fingerprint density at radius 2 is 1.89 bits per heavy atom. The number of carbonyl (C=O) groups is 2. The molecule has 0 aromatic rings. The first-order valence-electron chi connectivity index (χ1n) is 6.74. The van der Waals surface area contributed by atoms with E-state index in [-0.39, 0.29) is 25.0 Å². The van der Waals surface area contributed by atoms with Gasteiger partial charge in [0.25, 0.3) is 0 Å². The van der Waals surface area contributed by atoms with Gasteiger partial charge in [0, 0.05) is 6.54 Å². The molecule has 0 heterocycles. The van der Waals surface area contributed by atoms with Crippen molar-refractivity contribution in [3.05, 3.63) is 0 Å². The fourth-order valence-corrected chi connectivity index (χ4v) is 2.16. The Morgan fingerprint density at radius 1 is 1.28 bits per heavy atom. The second-order valence-electron chi connectivity index (χ2n) is 4.83. The third-order valence-corrected chi connectivity index (χ3v) is 3.21. The van der Waals surface area contributed by atoms with E-state index in [1.165, 1.54) is 12.8 Å². The second-order valence-corrected chi connectivity index (χ2v) is 4.83. The third-order valence-electron chi connectivity index (χ3n) is 3.21. The van der Waals surface area contributed by atoms with Crippen molar-refractivity contribution in [3.63, 3.8) is 0 Å². The molecule has 0 aromatic heterocycles. The Labute approximate surface area is 108 Å². The molecule has 2 N–H and O–H groups in total.